The molecule has 0 bridgehead atoms. The monoisotopic (exact) mass is 532 g/mol. The number of hydrogen-bond donors (Lipinski definition) is 2. The molecule has 0 spiro atoms. The predicted molar refractivity (Wildman–Crippen MR) is 114 cm³/mol. The zero-order valence-corrected chi connectivity index (χ0v) is 18.7. The van der Waals surface area contributed by atoms with Crippen molar-refractivity contribution in [3.8, 4) is 5.88 Å². The average molecular weight is 532 g/mol. The van der Waals surface area contributed by atoms with E-state index in [2.05, 4.69) is 20.6 Å². The Labute approximate surface area is 185 Å². The van der Waals surface area contributed by atoms with E-state index in [1.807, 2.05) is 6.92 Å². The molecule has 7 nitrogen and oxygen atoms in total. The fourth-order valence-electron chi connectivity index (χ4n) is 2.45. The summed E-state index contributed by atoms with van der Waals surface area (Å²) in [5.74, 6) is 0.792. The van der Waals surface area contributed by atoms with Crippen molar-refractivity contribution in [2.24, 2.45) is 4.99 Å². The van der Waals surface area contributed by atoms with Gasteiger partial charge in [0.15, 0.2) is 5.96 Å². The van der Waals surface area contributed by atoms with Crippen LogP contribution in [-0.2, 0) is 15.7 Å². The number of aliphatic imine (C=N–C) groups is 1. The van der Waals surface area contributed by atoms with Crippen molar-refractivity contribution < 1.29 is 27.4 Å². The molecule has 0 aromatic carbocycles. The summed E-state index contributed by atoms with van der Waals surface area (Å²) in [7, 11) is 0. The van der Waals surface area contributed by atoms with Crippen LogP contribution in [0.2, 0.25) is 0 Å². The van der Waals surface area contributed by atoms with Crippen molar-refractivity contribution >= 4 is 29.9 Å². The predicted octanol–water partition coefficient (Wildman–Crippen LogP) is 2.85. The van der Waals surface area contributed by atoms with E-state index in [0.29, 0.717) is 38.8 Å². The molecule has 1 fully saturated rings. The standard InChI is InChI=1S/C18H27F3N4O3.HI/c1-2-22-17(23-7-3-9-27-15-6-10-26-13-15)24-8-11-28-16-5-4-14(12-25-16)18(19,20)21;/h4-5,12,15H,2-3,6-11,13H2,1H3,(H2,22,23,24);1H. The number of alkyl halides is 3. The summed E-state index contributed by atoms with van der Waals surface area (Å²) in [4.78, 5) is 8.11. The lowest BCUT2D eigenvalue weighted by Gasteiger charge is -2.12. The van der Waals surface area contributed by atoms with Crippen LogP contribution in [0, 0.1) is 0 Å². The molecule has 166 valence electrons. The molecule has 2 rings (SSSR count). The third-order valence-corrected chi connectivity index (χ3v) is 3.87. The lowest BCUT2D eigenvalue weighted by atomic mass is 10.3. The Hall–Kier alpha value is -1.34. The molecule has 11 heteroatoms. The van der Waals surface area contributed by atoms with E-state index >= 15 is 0 Å². The number of nitrogens with one attached hydrogen (secondary N) is 2. The number of hydrogen-bond acceptors (Lipinski definition) is 5. The Balaban J connectivity index is 0.00000420. The van der Waals surface area contributed by atoms with Gasteiger partial charge in [-0.05, 0) is 25.8 Å². The van der Waals surface area contributed by atoms with Gasteiger partial charge in [0, 0.05) is 38.6 Å². The van der Waals surface area contributed by atoms with Gasteiger partial charge < -0.3 is 24.8 Å². The van der Waals surface area contributed by atoms with Gasteiger partial charge in [-0.25, -0.2) is 4.98 Å². The minimum atomic E-state index is -4.40. The quantitative estimate of drug-likeness (QED) is 0.209. The van der Waals surface area contributed by atoms with Crippen molar-refractivity contribution in [1.82, 2.24) is 15.6 Å². The molecule has 0 amide bonds. The number of aromatic nitrogens is 1. The zero-order chi connectivity index (χ0) is 20.2. The second-order valence-electron chi connectivity index (χ2n) is 6.13. The molecule has 0 radical (unpaired) electrons. The number of halogens is 4. The van der Waals surface area contributed by atoms with Crippen LogP contribution in [0.4, 0.5) is 13.2 Å². The first-order valence-electron chi connectivity index (χ1n) is 9.36. The van der Waals surface area contributed by atoms with Gasteiger partial charge in [-0.3, -0.25) is 4.99 Å². The third kappa shape index (κ3) is 10.3. The number of guanidine groups is 1. The van der Waals surface area contributed by atoms with E-state index in [9.17, 15) is 13.2 Å². The molecule has 1 atom stereocenters. The zero-order valence-electron chi connectivity index (χ0n) is 16.3. The maximum Gasteiger partial charge on any atom is 0.417 e. The summed E-state index contributed by atoms with van der Waals surface area (Å²) in [6.45, 7) is 6.04. The third-order valence-electron chi connectivity index (χ3n) is 3.87. The topological polar surface area (TPSA) is 77.0 Å². The fraction of sp³-hybridized carbons (Fsp3) is 0.667. The summed E-state index contributed by atoms with van der Waals surface area (Å²) in [5, 5.41) is 6.22. The maximum atomic E-state index is 12.5. The lowest BCUT2D eigenvalue weighted by Crippen LogP contribution is -2.39. The Morgan fingerprint density at radius 1 is 1.31 bits per heavy atom. The molecule has 2 heterocycles. The van der Waals surface area contributed by atoms with Crippen LogP contribution < -0.4 is 15.4 Å². The van der Waals surface area contributed by atoms with Gasteiger partial charge in [0.1, 0.15) is 6.61 Å². The van der Waals surface area contributed by atoms with E-state index in [-0.39, 0.29) is 42.6 Å². The van der Waals surface area contributed by atoms with Gasteiger partial charge in [-0.15, -0.1) is 24.0 Å². The van der Waals surface area contributed by atoms with Gasteiger partial charge in [-0.2, -0.15) is 13.2 Å². The van der Waals surface area contributed by atoms with Crippen LogP contribution >= 0.6 is 24.0 Å². The second kappa shape index (κ2) is 13.8. The summed E-state index contributed by atoms with van der Waals surface area (Å²) in [5.41, 5.74) is -0.802. The molecule has 1 aromatic rings. The molecular weight excluding hydrogens is 504 g/mol. The van der Waals surface area contributed by atoms with E-state index < -0.39 is 11.7 Å². The second-order valence-corrected chi connectivity index (χ2v) is 6.13. The number of pyridine rings is 1. The van der Waals surface area contributed by atoms with E-state index in [1.165, 1.54) is 6.07 Å². The molecular formula is C18H28F3IN4O3. The van der Waals surface area contributed by atoms with Gasteiger partial charge in [0.05, 0.1) is 24.8 Å². The van der Waals surface area contributed by atoms with Crippen LogP contribution in [0.15, 0.2) is 23.3 Å². The van der Waals surface area contributed by atoms with Crippen molar-refractivity contribution in [3.05, 3.63) is 23.9 Å². The van der Waals surface area contributed by atoms with Crippen molar-refractivity contribution in [2.75, 3.05) is 46.1 Å². The highest BCUT2D eigenvalue weighted by Gasteiger charge is 2.30. The molecule has 2 N–H and O–H groups in total. The molecule has 0 saturated carbocycles. The minimum absolute atomic E-state index is 0. The van der Waals surface area contributed by atoms with Gasteiger partial charge in [0.25, 0.3) is 0 Å². The summed E-state index contributed by atoms with van der Waals surface area (Å²) >= 11 is 0. The smallest absolute Gasteiger partial charge is 0.417 e. The van der Waals surface area contributed by atoms with E-state index in [4.69, 9.17) is 14.2 Å². The van der Waals surface area contributed by atoms with Crippen molar-refractivity contribution in [2.45, 2.75) is 32.0 Å². The molecule has 1 aliphatic rings. The Morgan fingerprint density at radius 2 is 2.14 bits per heavy atom. The lowest BCUT2D eigenvalue weighted by molar-refractivity contribution is -0.137. The van der Waals surface area contributed by atoms with E-state index in [1.54, 1.807) is 0 Å². The van der Waals surface area contributed by atoms with Gasteiger partial charge in [0.2, 0.25) is 5.88 Å². The highest BCUT2D eigenvalue weighted by atomic mass is 127. The molecule has 1 aliphatic heterocycles. The first-order valence-corrected chi connectivity index (χ1v) is 9.36. The van der Waals surface area contributed by atoms with Gasteiger partial charge >= 0.3 is 6.18 Å². The summed E-state index contributed by atoms with van der Waals surface area (Å²) in [6, 6.07) is 2.15. The number of ether oxygens (including phenoxy) is 3. The highest BCUT2D eigenvalue weighted by Crippen LogP contribution is 2.29. The fourth-order valence-corrected chi connectivity index (χ4v) is 2.45. The van der Waals surface area contributed by atoms with Crippen molar-refractivity contribution in [1.29, 1.82) is 0 Å². The van der Waals surface area contributed by atoms with Crippen LogP contribution in [0.3, 0.4) is 0 Å². The molecule has 1 saturated heterocycles. The Bertz CT molecular complexity index is 597. The number of nitrogens with zero attached hydrogens (tertiary/aromatic N) is 2. The number of rotatable bonds is 10. The van der Waals surface area contributed by atoms with Gasteiger partial charge in [-0.1, -0.05) is 0 Å². The molecule has 0 aliphatic carbocycles. The van der Waals surface area contributed by atoms with Crippen LogP contribution in [0.5, 0.6) is 5.88 Å². The Morgan fingerprint density at radius 3 is 2.76 bits per heavy atom. The van der Waals surface area contributed by atoms with Crippen LogP contribution in [0.25, 0.3) is 0 Å². The first kappa shape index (κ1) is 25.7. The first-order chi connectivity index (χ1) is 13.5. The highest BCUT2D eigenvalue weighted by molar-refractivity contribution is 14.0. The molecule has 1 aromatic heterocycles. The summed E-state index contributed by atoms with van der Waals surface area (Å²) < 4.78 is 53.8. The maximum absolute atomic E-state index is 12.5. The largest absolute Gasteiger partial charge is 0.476 e. The van der Waals surface area contributed by atoms with Crippen molar-refractivity contribution in [3.63, 3.8) is 0 Å². The summed E-state index contributed by atoms with van der Waals surface area (Å²) in [6.07, 6.45) is -1.69. The molecule has 1 unspecified atom stereocenters. The normalized spacial score (nSPS) is 17.0. The van der Waals surface area contributed by atoms with E-state index in [0.717, 1.165) is 31.7 Å². The van der Waals surface area contributed by atoms with Crippen LogP contribution in [0.1, 0.15) is 25.3 Å². The van der Waals surface area contributed by atoms with Crippen LogP contribution in [-0.4, -0.2) is 63.1 Å². The SMILES string of the molecule is CCNC(=NCCCOC1CCOC1)NCCOc1ccc(C(F)(F)F)cn1.I. The average Bonchev–Trinajstić information content (AvgIpc) is 3.18. The Kier molecular flexibility index (Phi) is 12.2. The minimum Gasteiger partial charge on any atom is -0.476 e. The molecule has 29 heavy (non-hydrogen) atoms.